The Morgan fingerprint density at radius 1 is 0.964 bits per heavy atom. The molecule has 0 amide bonds. The number of alkyl halides is 2. The zero-order valence-electron chi connectivity index (χ0n) is 15.5. The Bertz CT molecular complexity index is 978. The second-order valence-electron chi connectivity index (χ2n) is 6.42. The number of aryl methyl sites for hydroxylation is 2. The molecule has 0 aromatic heterocycles. The fourth-order valence-corrected chi connectivity index (χ4v) is 2.93. The average Bonchev–Trinajstić information content (AvgIpc) is 2.68. The Kier molecular flexibility index (Phi) is 5.83. The van der Waals surface area contributed by atoms with E-state index in [4.69, 9.17) is 4.74 Å². The number of ether oxygens (including phenoxy) is 1. The molecule has 0 aliphatic rings. The molecule has 144 valence electrons. The Morgan fingerprint density at radius 2 is 1.61 bits per heavy atom. The van der Waals surface area contributed by atoms with Crippen LogP contribution in [0.15, 0.2) is 60.7 Å². The molecule has 3 aromatic carbocycles. The van der Waals surface area contributed by atoms with Crippen LogP contribution in [0.3, 0.4) is 0 Å². The summed E-state index contributed by atoms with van der Waals surface area (Å²) in [6.07, 6.45) is -2.01. The maximum absolute atomic E-state index is 14.5. The van der Waals surface area contributed by atoms with E-state index >= 15 is 0 Å². The summed E-state index contributed by atoms with van der Waals surface area (Å²) in [6.45, 7) is 3.48. The Labute approximate surface area is 161 Å². The topological polar surface area (TPSA) is 26.3 Å². The molecule has 3 aromatic rings. The molecule has 5 heteroatoms. The van der Waals surface area contributed by atoms with Crippen molar-refractivity contribution < 1.29 is 22.7 Å². The number of benzene rings is 3. The van der Waals surface area contributed by atoms with Gasteiger partial charge in [0.25, 0.3) is 6.43 Å². The van der Waals surface area contributed by atoms with Crippen molar-refractivity contribution in [1.29, 1.82) is 0 Å². The Hall–Kier alpha value is -3.08. The van der Waals surface area contributed by atoms with Gasteiger partial charge in [-0.2, -0.15) is 0 Å². The summed E-state index contributed by atoms with van der Waals surface area (Å²) < 4.78 is 46.0. The van der Waals surface area contributed by atoms with Crippen molar-refractivity contribution in [3.8, 4) is 16.9 Å². The van der Waals surface area contributed by atoms with E-state index in [9.17, 15) is 18.0 Å². The van der Waals surface area contributed by atoms with Crippen LogP contribution in [0.25, 0.3) is 11.1 Å². The van der Waals surface area contributed by atoms with E-state index in [-0.39, 0.29) is 16.7 Å². The van der Waals surface area contributed by atoms with Crippen LogP contribution < -0.4 is 4.74 Å². The van der Waals surface area contributed by atoms with E-state index in [0.717, 1.165) is 12.0 Å². The Morgan fingerprint density at radius 3 is 2.18 bits per heavy atom. The largest absolute Gasteiger partial charge is 0.423 e. The average molecular weight is 384 g/mol. The van der Waals surface area contributed by atoms with Gasteiger partial charge >= 0.3 is 5.97 Å². The first-order valence-corrected chi connectivity index (χ1v) is 8.89. The van der Waals surface area contributed by atoms with E-state index < -0.39 is 23.8 Å². The number of carbonyl (C=O) groups excluding carboxylic acids is 1. The van der Waals surface area contributed by atoms with Crippen molar-refractivity contribution in [2.45, 2.75) is 26.7 Å². The molecule has 0 aliphatic heterocycles. The number of carbonyl (C=O) groups is 1. The minimum Gasteiger partial charge on any atom is -0.423 e. The minimum absolute atomic E-state index is 0.0657. The predicted molar refractivity (Wildman–Crippen MR) is 102 cm³/mol. The van der Waals surface area contributed by atoms with Crippen LogP contribution in [0.2, 0.25) is 0 Å². The van der Waals surface area contributed by atoms with Crippen molar-refractivity contribution in [3.63, 3.8) is 0 Å². The minimum atomic E-state index is -2.90. The molecular formula is C23H19F3O2. The van der Waals surface area contributed by atoms with E-state index in [1.54, 1.807) is 12.1 Å². The van der Waals surface area contributed by atoms with Crippen LogP contribution in [0.4, 0.5) is 13.2 Å². The normalized spacial score (nSPS) is 10.9. The maximum atomic E-state index is 14.5. The summed E-state index contributed by atoms with van der Waals surface area (Å²) in [6, 6.07) is 16.1. The second-order valence-corrected chi connectivity index (χ2v) is 6.42. The molecule has 0 bridgehead atoms. The number of rotatable bonds is 5. The number of hydrogen-bond donors (Lipinski definition) is 0. The van der Waals surface area contributed by atoms with Crippen molar-refractivity contribution in [3.05, 3.63) is 88.7 Å². The van der Waals surface area contributed by atoms with E-state index in [2.05, 4.69) is 0 Å². The summed E-state index contributed by atoms with van der Waals surface area (Å²) in [5, 5.41) is 0. The first kappa shape index (κ1) is 19.7. The molecule has 0 saturated heterocycles. The van der Waals surface area contributed by atoms with Gasteiger partial charge in [0.2, 0.25) is 0 Å². The van der Waals surface area contributed by atoms with Gasteiger partial charge in [0.1, 0.15) is 11.6 Å². The molecule has 3 rings (SSSR count). The van der Waals surface area contributed by atoms with E-state index in [1.165, 1.54) is 43.3 Å². The summed E-state index contributed by atoms with van der Waals surface area (Å²) in [7, 11) is 0. The molecule has 0 fully saturated rings. The predicted octanol–water partition coefficient (Wildman–Crippen LogP) is 6.52. The lowest BCUT2D eigenvalue weighted by Crippen LogP contribution is -2.08. The van der Waals surface area contributed by atoms with Crippen LogP contribution in [-0.4, -0.2) is 5.97 Å². The molecule has 2 nitrogen and oxygen atoms in total. The first-order valence-electron chi connectivity index (χ1n) is 8.89. The molecule has 0 heterocycles. The highest BCUT2D eigenvalue weighted by molar-refractivity contribution is 5.91. The van der Waals surface area contributed by atoms with Crippen LogP contribution in [0.1, 0.15) is 40.4 Å². The maximum Gasteiger partial charge on any atom is 0.343 e. The van der Waals surface area contributed by atoms with Crippen LogP contribution in [0, 0.1) is 12.7 Å². The molecule has 0 radical (unpaired) electrons. The van der Waals surface area contributed by atoms with Gasteiger partial charge in [0, 0.05) is 5.56 Å². The van der Waals surface area contributed by atoms with E-state index in [1.807, 2.05) is 19.1 Å². The SMILES string of the molecule is CCc1ccc(OC(=O)c2ccc(-c3ccc(C)c(C(F)F)c3F)cc2)cc1. The molecule has 0 spiro atoms. The van der Waals surface area contributed by atoms with Crippen LogP contribution in [-0.2, 0) is 6.42 Å². The first-order chi connectivity index (χ1) is 13.4. The monoisotopic (exact) mass is 384 g/mol. The highest BCUT2D eigenvalue weighted by Gasteiger charge is 2.20. The van der Waals surface area contributed by atoms with Gasteiger partial charge in [-0.15, -0.1) is 0 Å². The number of hydrogen-bond acceptors (Lipinski definition) is 2. The lowest BCUT2D eigenvalue weighted by Gasteiger charge is -2.11. The van der Waals surface area contributed by atoms with Crippen molar-refractivity contribution in [2.75, 3.05) is 0 Å². The summed E-state index contributed by atoms with van der Waals surface area (Å²) in [5.74, 6) is -1.06. The van der Waals surface area contributed by atoms with Gasteiger partial charge in [-0.25, -0.2) is 18.0 Å². The zero-order chi connectivity index (χ0) is 20.3. The standard InChI is InChI=1S/C23H19F3O2/c1-3-15-5-11-18(12-6-15)28-23(27)17-9-7-16(8-10-17)19-13-4-14(2)20(21(19)24)22(25)26/h4-13,22H,3H2,1-2H3. The van der Waals surface area contributed by atoms with Gasteiger partial charge < -0.3 is 4.74 Å². The summed E-state index contributed by atoms with van der Waals surface area (Å²) in [5.41, 5.74) is 1.48. The van der Waals surface area contributed by atoms with Gasteiger partial charge in [0.05, 0.1) is 11.1 Å². The summed E-state index contributed by atoms with van der Waals surface area (Å²) in [4.78, 5) is 12.3. The third-order valence-corrected chi connectivity index (χ3v) is 4.59. The lowest BCUT2D eigenvalue weighted by molar-refractivity contribution is 0.0734. The smallest absolute Gasteiger partial charge is 0.343 e. The van der Waals surface area contributed by atoms with Gasteiger partial charge in [-0.05, 0) is 54.3 Å². The highest BCUT2D eigenvalue weighted by atomic mass is 19.3. The Balaban J connectivity index is 1.81. The fourth-order valence-electron chi connectivity index (χ4n) is 2.93. The zero-order valence-corrected chi connectivity index (χ0v) is 15.5. The van der Waals surface area contributed by atoms with Gasteiger partial charge in [-0.1, -0.05) is 43.3 Å². The molecule has 0 atom stereocenters. The van der Waals surface area contributed by atoms with Crippen LogP contribution >= 0.6 is 0 Å². The third kappa shape index (κ3) is 4.09. The fraction of sp³-hybridized carbons (Fsp3) is 0.174. The molecule has 0 aliphatic carbocycles. The lowest BCUT2D eigenvalue weighted by atomic mass is 9.98. The number of esters is 1. The number of halogens is 3. The van der Waals surface area contributed by atoms with Gasteiger partial charge in [0.15, 0.2) is 0 Å². The van der Waals surface area contributed by atoms with Crippen LogP contribution in [0.5, 0.6) is 5.75 Å². The van der Waals surface area contributed by atoms with Crippen molar-refractivity contribution in [1.82, 2.24) is 0 Å². The van der Waals surface area contributed by atoms with Crippen molar-refractivity contribution in [2.24, 2.45) is 0 Å². The molecule has 0 unspecified atom stereocenters. The third-order valence-electron chi connectivity index (χ3n) is 4.59. The molecular weight excluding hydrogens is 365 g/mol. The quantitative estimate of drug-likeness (QED) is 0.370. The van der Waals surface area contributed by atoms with Crippen molar-refractivity contribution >= 4 is 5.97 Å². The molecule has 0 saturated carbocycles. The van der Waals surface area contributed by atoms with E-state index in [0.29, 0.717) is 11.3 Å². The highest BCUT2D eigenvalue weighted by Crippen LogP contribution is 2.32. The van der Waals surface area contributed by atoms with Gasteiger partial charge in [-0.3, -0.25) is 0 Å². The second kappa shape index (κ2) is 8.30. The molecule has 28 heavy (non-hydrogen) atoms. The summed E-state index contributed by atoms with van der Waals surface area (Å²) >= 11 is 0. The molecule has 0 N–H and O–H groups in total.